The number of carbonyl (C=O) groups excluding carboxylic acids is 3. The number of thioether (sulfide) groups is 1. The molecule has 0 aliphatic carbocycles. The average Bonchev–Trinajstić information content (AvgIpc) is 3.01. The van der Waals surface area contributed by atoms with Gasteiger partial charge in [0.05, 0.1) is 18.1 Å². The zero-order valence-corrected chi connectivity index (χ0v) is 19.2. The van der Waals surface area contributed by atoms with Gasteiger partial charge in [0.25, 0.3) is 11.1 Å². The van der Waals surface area contributed by atoms with Crippen molar-refractivity contribution in [3.63, 3.8) is 0 Å². The Morgan fingerprint density at radius 1 is 1.16 bits per heavy atom. The summed E-state index contributed by atoms with van der Waals surface area (Å²) in [5.74, 6) is 1.24. The molecule has 0 aromatic heterocycles. The molecular formula is C23H30N2O5S. The minimum absolute atomic E-state index is 0.175. The van der Waals surface area contributed by atoms with E-state index in [2.05, 4.69) is 6.92 Å². The van der Waals surface area contributed by atoms with E-state index in [4.69, 9.17) is 9.47 Å². The number of benzene rings is 1. The van der Waals surface area contributed by atoms with Crippen molar-refractivity contribution in [2.45, 2.75) is 40.0 Å². The van der Waals surface area contributed by atoms with Crippen molar-refractivity contribution in [1.82, 2.24) is 9.80 Å². The van der Waals surface area contributed by atoms with Crippen LogP contribution in [0.25, 0.3) is 6.08 Å². The summed E-state index contributed by atoms with van der Waals surface area (Å²) in [6.45, 7) is 8.31. The number of ether oxygens (including phenoxy) is 2. The zero-order chi connectivity index (χ0) is 22.4. The summed E-state index contributed by atoms with van der Waals surface area (Å²) >= 11 is 0.859. The lowest BCUT2D eigenvalue weighted by molar-refractivity contribution is -0.136. The van der Waals surface area contributed by atoms with Crippen molar-refractivity contribution in [2.24, 2.45) is 5.92 Å². The van der Waals surface area contributed by atoms with Gasteiger partial charge >= 0.3 is 0 Å². The van der Waals surface area contributed by atoms with Crippen molar-refractivity contribution >= 4 is 34.9 Å². The smallest absolute Gasteiger partial charge is 0.294 e. The van der Waals surface area contributed by atoms with Crippen LogP contribution in [0.2, 0.25) is 0 Å². The van der Waals surface area contributed by atoms with Gasteiger partial charge in [-0.25, -0.2) is 0 Å². The lowest BCUT2D eigenvalue weighted by Crippen LogP contribution is -2.45. The summed E-state index contributed by atoms with van der Waals surface area (Å²) in [4.78, 5) is 40.9. The van der Waals surface area contributed by atoms with Crippen LogP contribution in [0.3, 0.4) is 0 Å². The molecule has 3 amide bonds. The van der Waals surface area contributed by atoms with Crippen molar-refractivity contribution in [3.8, 4) is 11.5 Å². The lowest BCUT2D eigenvalue weighted by atomic mass is 9.99. The highest BCUT2D eigenvalue weighted by molar-refractivity contribution is 8.18. The van der Waals surface area contributed by atoms with Crippen molar-refractivity contribution in [2.75, 3.05) is 32.8 Å². The summed E-state index contributed by atoms with van der Waals surface area (Å²) in [6, 6.07) is 5.42. The SMILES string of the molecule is CCCOc1ccc(/C=C2\SC(=O)N(CC(=O)N3CCC(C)CC3)C2=O)cc1OCC. The predicted molar refractivity (Wildman–Crippen MR) is 121 cm³/mol. The second-order valence-corrected chi connectivity index (χ2v) is 8.81. The normalized spacial score (nSPS) is 18.7. The summed E-state index contributed by atoms with van der Waals surface area (Å²) in [5.41, 5.74) is 0.731. The molecule has 2 fully saturated rings. The van der Waals surface area contributed by atoms with Crippen LogP contribution in [0.15, 0.2) is 23.1 Å². The first-order valence-corrected chi connectivity index (χ1v) is 11.7. The van der Waals surface area contributed by atoms with Gasteiger partial charge in [0.15, 0.2) is 11.5 Å². The molecule has 3 rings (SSSR count). The number of likely N-dealkylation sites (tertiary alicyclic amines) is 1. The molecule has 0 N–H and O–H groups in total. The first-order chi connectivity index (χ1) is 14.9. The summed E-state index contributed by atoms with van der Waals surface area (Å²) < 4.78 is 11.4. The van der Waals surface area contributed by atoms with Crippen LogP contribution >= 0.6 is 11.8 Å². The molecule has 0 unspecified atom stereocenters. The molecule has 0 saturated carbocycles. The Morgan fingerprint density at radius 2 is 1.90 bits per heavy atom. The van der Waals surface area contributed by atoms with E-state index in [-0.39, 0.29) is 12.5 Å². The maximum absolute atomic E-state index is 12.8. The van der Waals surface area contributed by atoms with E-state index in [0.717, 1.165) is 41.5 Å². The number of carbonyl (C=O) groups is 3. The lowest BCUT2D eigenvalue weighted by Gasteiger charge is -2.31. The molecule has 0 bridgehead atoms. The molecule has 1 aromatic carbocycles. The van der Waals surface area contributed by atoms with Crippen molar-refractivity contribution in [1.29, 1.82) is 0 Å². The minimum atomic E-state index is -0.432. The Morgan fingerprint density at radius 3 is 2.58 bits per heavy atom. The predicted octanol–water partition coefficient (Wildman–Crippen LogP) is 4.17. The minimum Gasteiger partial charge on any atom is -0.490 e. The fraction of sp³-hybridized carbons (Fsp3) is 0.522. The third kappa shape index (κ3) is 5.81. The van der Waals surface area contributed by atoms with Gasteiger partial charge in [0.1, 0.15) is 6.54 Å². The monoisotopic (exact) mass is 446 g/mol. The Kier molecular flexibility index (Phi) is 8.01. The van der Waals surface area contributed by atoms with Gasteiger partial charge in [0, 0.05) is 13.1 Å². The first-order valence-electron chi connectivity index (χ1n) is 10.9. The summed E-state index contributed by atoms with van der Waals surface area (Å²) in [7, 11) is 0. The third-order valence-electron chi connectivity index (χ3n) is 5.33. The van der Waals surface area contributed by atoms with Crippen LogP contribution in [-0.4, -0.2) is 59.7 Å². The van der Waals surface area contributed by atoms with E-state index >= 15 is 0 Å². The molecular weight excluding hydrogens is 416 g/mol. The van der Waals surface area contributed by atoms with Crippen LogP contribution in [0.5, 0.6) is 11.5 Å². The molecule has 0 atom stereocenters. The molecule has 0 spiro atoms. The van der Waals surface area contributed by atoms with Crippen LogP contribution in [0.1, 0.15) is 45.6 Å². The molecule has 2 saturated heterocycles. The molecule has 1 aromatic rings. The van der Waals surface area contributed by atoms with Gasteiger partial charge < -0.3 is 14.4 Å². The third-order valence-corrected chi connectivity index (χ3v) is 6.24. The highest BCUT2D eigenvalue weighted by Crippen LogP contribution is 2.35. The van der Waals surface area contributed by atoms with E-state index < -0.39 is 11.1 Å². The fourth-order valence-electron chi connectivity index (χ4n) is 3.49. The fourth-order valence-corrected chi connectivity index (χ4v) is 4.33. The number of hydrogen-bond acceptors (Lipinski definition) is 6. The maximum Gasteiger partial charge on any atom is 0.294 e. The number of nitrogens with zero attached hydrogens (tertiary/aromatic N) is 2. The summed E-state index contributed by atoms with van der Waals surface area (Å²) in [5, 5.41) is -0.414. The van der Waals surface area contributed by atoms with Crippen molar-refractivity contribution in [3.05, 3.63) is 28.7 Å². The van der Waals surface area contributed by atoms with Gasteiger partial charge in [-0.1, -0.05) is 19.9 Å². The summed E-state index contributed by atoms with van der Waals surface area (Å²) in [6.07, 6.45) is 4.45. The Hall–Kier alpha value is -2.48. The molecule has 2 aliphatic rings. The van der Waals surface area contributed by atoms with Gasteiger partial charge in [-0.2, -0.15) is 0 Å². The van der Waals surface area contributed by atoms with E-state index in [0.29, 0.717) is 48.6 Å². The van der Waals surface area contributed by atoms with Crippen molar-refractivity contribution < 1.29 is 23.9 Å². The van der Waals surface area contributed by atoms with E-state index in [1.807, 2.05) is 19.9 Å². The molecule has 0 radical (unpaired) electrons. The Labute approximate surface area is 187 Å². The molecule has 168 valence electrons. The van der Waals surface area contributed by atoms with E-state index in [9.17, 15) is 14.4 Å². The van der Waals surface area contributed by atoms with Gasteiger partial charge in [-0.05, 0) is 67.6 Å². The zero-order valence-electron chi connectivity index (χ0n) is 18.4. The van der Waals surface area contributed by atoms with Gasteiger partial charge in [0.2, 0.25) is 5.91 Å². The number of piperidine rings is 1. The number of rotatable bonds is 8. The van der Waals surface area contributed by atoms with Gasteiger partial charge in [-0.3, -0.25) is 19.3 Å². The average molecular weight is 447 g/mol. The van der Waals surface area contributed by atoms with Crippen LogP contribution in [0.4, 0.5) is 4.79 Å². The second kappa shape index (κ2) is 10.7. The molecule has 8 heteroatoms. The van der Waals surface area contributed by atoms with E-state index in [1.165, 1.54) is 0 Å². The Balaban J connectivity index is 1.70. The van der Waals surface area contributed by atoms with Crippen LogP contribution in [-0.2, 0) is 9.59 Å². The van der Waals surface area contributed by atoms with E-state index in [1.54, 1.807) is 23.1 Å². The van der Waals surface area contributed by atoms with Crippen LogP contribution in [0, 0.1) is 5.92 Å². The highest BCUT2D eigenvalue weighted by Gasteiger charge is 2.37. The number of imide groups is 1. The standard InChI is InChI=1S/C23H30N2O5S/c1-4-12-30-18-7-6-17(13-19(18)29-5-2)14-20-22(27)25(23(28)31-20)15-21(26)24-10-8-16(3)9-11-24/h6-7,13-14,16H,4-5,8-12,15H2,1-3H3/b20-14-. The Bertz CT molecular complexity index is 862. The van der Waals surface area contributed by atoms with Crippen LogP contribution < -0.4 is 9.47 Å². The molecule has 2 aliphatic heterocycles. The molecule has 7 nitrogen and oxygen atoms in total. The highest BCUT2D eigenvalue weighted by atomic mass is 32.2. The maximum atomic E-state index is 12.8. The number of amides is 3. The topological polar surface area (TPSA) is 76.2 Å². The molecule has 2 heterocycles. The molecule has 31 heavy (non-hydrogen) atoms. The number of hydrogen-bond donors (Lipinski definition) is 0. The quantitative estimate of drug-likeness (QED) is 0.558. The first kappa shape index (κ1) is 23.2. The second-order valence-electron chi connectivity index (χ2n) is 7.82. The largest absolute Gasteiger partial charge is 0.490 e. The van der Waals surface area contributed by atoms with Gasteiger partial charge in [-0.15, -0.1) is 0 Å².